The number of hydrogen-bond acceptors (Lipinski definition) is 5. The zero-order chi connectivity index (χ0) is 15.0. The number of rotatable bonds is 4. The van der Waals surface area contributed by atoms with Crippen LogP contribution in [0.25, 0.3) is 11.0 Å². The second kappa shape index (κ2) is 5.44. The summed E-state index contributed by atoms with van der Waals surface area (Å²) in [7, 11) is 3.80. The summed E-state index contributed by atoms with van der Waals surface area (Å²) in [6, 6.07) is 0. The molecule has 0 aromatic carbocycles. The zero-order valence-corrected chi connectivity index (χ0v) is 13.7. The second-order valence-electron chi connectivity index (χ2n) is 4.82. The van der Waals surface area contributed by atoms with Crippen molar-refractivity contribution in [3.63, 3.8) is 0 Å². The van der Waals surface area contributed by atoms with E-state index in [0.717, 1.165) is 33.6 Å². The van der Waals surface area contributed by atoms with Gasteiger partial charge in [-0.25, -0.2) is 14.6 Å². The molecule has 3 aromatic heterocycles. The van der Waals surface area contributed by atoms with Gasteiger partial charge in [0.2, 0.25) is 0 Å². The van der Waals surface area contributed by atoms with Gasteiger partial charge in [-0.1, -0.05) is 6.92 Å². The van der Waals surface area contributed by atoms with Gasteiger partial charge in [0, 0.05) is 32.4 Å². The van der Waals surface area contributed by atoms with Crippen LogP contribution in [0.15, 0.2) is 17.1 Å². The Labute approximate surface area is 130 Å². The van der Waals surface area contributed by atoms with Crippen LogP contribution in [0.1, 0.15) is 18.2 Å². The van der Waals surface area contributed by atoms with E-state index in [1.54, 1.807) is 11.0 Å². The molecule has 0 bridgehead atoms. The van der Waals surface area contributed by atoms with E-state index in [1.807, 2.05) is 25.0 Å². The minimum atomic E-state index is 0.671. The lowest BCUT2D eigenvalue weighted by Crippen LogP contribution is -2.04. The first-order valence-electron chi connectivity index (χ1n) is 6.68. The molecule has 0 radical (unpaired) electrons. The minimum Gasteiger partial charge on any atom is -0.365 e. The first-order valence-corrected chi connectivity index (χ1v) is 7.48. The standard InChI is InChI=1S/C13H16BrN7/c1-4-9-8(6-20(2)18-9)5-15-12-10-11(14)19-21(3)13(10)17-7-16-12/h6-7H,4-5H2,1-3H3,(H,15,16,17). The summed E-state index contributed by atoms with van der Waals surface area (Å²) in [6.07, 6.45) is 4.49. The molecule has 0 aliphatic heterocycles. The van der Waals surface area contributed by atoms with E-state index in [2.05, 4.69) is 48.3 Å². The Morgan fingerprint density at radius 1 is 1.24 bits per heavy atom. The van der Waals surface area contributed by atoms with Crippen LogP contribution in [-0.2, 0) is 27.1 Å². The maximum Gasteiger partial charge on any atom is 0.164 e. The van der Waals surface area contributed by atoms with Crippen molar-refractivity contribution in [2.75, 3.05) is 5.32 Å². The quantitative estimate of drug-likeness (QED) is 0.780. The molecule has 0 saturated heterocycles. The molecule has 3 heterocycles. The number of nitrogens with one attached hydrogen (secondary N) is 1. The largest absolute Gasteiger partial charge is 0.365 e. The summed E-state index contributed by atoms with van der Waals surface area (Å²) < 4.78 is 4.31. The maximum atomic E-state index is 4.44. The molecule has 0 aliphatic rings. The van der Waals surface area contributed by atoms with Crippen molar-refractivity contribution in [1.82, 2.24) is 29.5 Å². The molecular weight excluding hydrogens is 334 g/mol. The van der Waals surface area contributed by atoms with Crippen LogP contribution in [0.5, 0.6) is 0 Å². The lowest BCUT2D eigenvalue weighted by atomic mass is 10.2. The molecule has 0 fully saturated rings. The first kappa shape index (κ1) is 14.0. The van der Waals surface area contributed by atoms with Crippen LogP contribution in [0.2, 0.25) is 0 Å². The molecule has 1 N–H and O–H groups in total. The van der Waals surface area contributed by atoms with Crippen LogP contribution in [0.3, 0.4) is 0 Å². The number of hydrogen-bond donors (Lipinski definition) is 1. The van der Waals surface area contributed by atoms with Gasteiger partial charge in [-0.2, -0.15) is 10.2 Å². The third-order valence-corrected chi connectivity index (χ3v) is 3.91. The van der Waals surface area contributed by atoms with Gasteiger partial charge < -0.3 is 5.32 Å². The van der Waals surface area contributed by atoms with Crippen molar-refractivity contribution in [2.45, 2.75) is 19.9 Å². The Hall–Kier alpha value is -1.96. The predicted molar refractivity (Wildman–Crippen MR) is 83.9 cm³/mol. The predicted octanol–water partition coefficient (Wildman–Crippen LogP) is 2.03. The summed E-state index contributed by atoms with van der Waals surface area (Å²) in [5.74, 6) is 0.769. The smallest absolute Gasteiger partial charge is 0.164 e. The molecule has 3 rings (SSSR count). The van der Waals surface area contributed by atoms with Gasteiger partial charge in [-0.15, -0.1) is 0 Å². The molecule has 0 saturated carbocycles. The fourth-order valence-electron chi connectivity index (χ4n) is 2.38. The number of nitrogens with zero attached hydrogens (tertiary/aromatic N) is 6. The van der Waals surface area contributed by atoms with Crippen LogP contribution in [0, 0.1) is 0 Å². The summed E-state index contributed by atoms with van der Waals surface area (Å²) in [4.78, 5) is 8.58. The number of anilines is 1. The fraction of sp³-hybridized carbons (Fsp3) is 0.385. The third kappa shape index (κ3) is 2.51. The van der Waals surface area contributed by atoms with E-state index in [1.165, 1.54) is 5.56 Å². The van der Waals surface area contributed by atoms with E-state index >= 15 is 0 Å². The van der Waals surface area contributed by atoms with E-state index in [0.29, 0.717) is 6.54 Å². The topological polar surface area (TPSA) is 73.5 Å². The van der Waals surface area contributed by atoms with Crippen molar-refractivity contribution < 1.29 is 0 Å². The molecule has 0 aliphatic carbocycles. The Balaban J connectivity index is 1.92. The molecule has 0 atom stereocenters. The van der Waals surface area contributed by atoms with Gasteiger partial charge in [0.25, 0.3) is 0 Å². The Morgan fingerprint density at radius 2 is 2.05 bits per heavy atom. The van der Waals surface area contributed by atoms with Gasteiger partial charge in [-0.05, 0) is 22.4 Å². The molecule has 7 nitrogen and oxygen atoms in total. The molecule has 0 amide bonds. The fourth-order valence-corrected chi connectivity index (χ4v) is 2.99. The van der Waals surface area contributed by atoms with Crippen molar-refractivity contribution >= 4 is 32.8 Å². The van der Waals surface area contributed by atoms with Gasteiger partial charge in [0.05, 0.1) is 11.1 Å². The SMILES string of the molecule is CCc1nn(C)cc1CNc1ncnc2c1c(Br)nn2C. The van der Waals surface area contributed by atoms with Crippen LogP contribution >= 0.6 is 15.9 Å². The highest BCUT2D eigenvalue weighted by Crippen LogP contribution is 2.27. The van der Waals surface area contributed by atoms with Crippen molar-refractivity contribution in [3.05, 3.63) is 28.4 Å². The van der Waals surface area contributed by atoms with Gasteiger partial charge >= 0.3 is 0 Å². The zero-order valence-electron chi connectivity index (χ0n) is 12.1. The maximum absolute atomic E-state index is 4.44. The third-order valence-electron chi connectivity index (χ3n) is 3.35. The molecule has 110 valence electrons. The first-order chi connectivity index (χ1) is 10.1. The Kier molecular flexibility index (Phi) is 3.62. The number of aryl methyl sites for hydroxylation is 3. The van der Waals surface area contributed by atoms with Gasteiger partial charge in [-0.3, -0.25) is 4.68 Å². The highest BCUT2D eigenvalue weighted by molar-refractivity contribution is 9.10. The molecule has 21 heavy (non-hydrogen) atoms. The van der Waals surface area contributed by atoms with Crippen LogP contribution in [0.4, 0.5) is 5.82 Å². The molecule has 8 heteroatoms. The molecule has 3 aromatic rings. The molecular formula is C13H16BrN7. The van der Waals surface area contributed by atoms with Crippen LogP contribution < -0.4 is 5.32 Å². The molecule has 0 unspecified atom stereocenters. The van der Waals surface area contributed by atoms with Crippen LogP contribution in [-0.4, -0.2) is 29.5 Å². The average Bonchev–Trinajstić information content (AvgIpc) is 2.97. The summed E-state index contributed by atoms with van der Waals surface area (Å²) in [6.45, 7) is 2.77. The highest BCUT2D eigenvalue weighted by atomic mass is 79.9. The van der Waals surface area contributed by atoms with E-state index in [9.17, 15) is 0 Å². The number of aromatic nitrogens is 6. The summed E-state index contributed by atoms with van der Waals surface area (Å²) >= 11 is 3.46. The van der Waals surface area contributed by atoms with E-state index < -0.39 is 0 Å². The van der Waals surface area contributed by atoms with E-state index in [4.69, 9.17) is 0 Å². The lowest BCUT2D eigenvalue weighted by Gasteiger charge is -2.06. The monoisotopic (exact) mass is 349 g/mol. The molecule has 0 spiro atoms. The Bertz CT molecular complexity index is 789. The number of halogens is 1. The normalized spacial score (nSPS) is 11.2. The lowest BCUT2D eigenvalue weighted by molar-refractivity contribution is 0.746. The van der Waals surface area contributed by atoms with Gasteiger partial charge in [0.1, 0.15) is 16.7 Å². The highest BCUT2D eigenvalue weighted by Gasteiger charge is 2.14. The van der Waals surface area contributed by atoms with Gasteiger partial charge in [0.15, 0.2) is 5.65 Å². The Morgan fingerprint density at radius 3 is 2.81 bits per heavy atom. The van der Waals surface area contributed by atoms with E-state index in [-0.39, 0.29) is 0 Å². The van der Waals surface area contributed by atoms with Crippen molar-refractivity contribution in [2.24, 2.45) is 14.1 Å². The second-order valence-corrected chi connectivity index (χ2v) is 5.57. The van der Waals surface area contributed by atoms with Crippen molar-refractivity contribution in [3.8, 4) is 0 Å². The van der Waals surface area contributed by atoms with Crippen molar-refractivity contribution in [1.29, 1.82) is 0 Å². The minimum absolute atomic E-state index is 0.671. The number of fused-ring (bicyclic) bond motifs is 1. The summed E-state index contributed by atoms with van der Waals surface area (Å²) in [5, 5.41) is 13.0. The summed E-state index contributed by atoms with van der Waals surface area (Å²) in [5.41, 5.74) is 3.06. The average molecular weight is 350 g/mol.